The van der Waals surface area contributed by atoms with Gasteiger partial charge in [-0.2, -0.15) is 0 Å². The third-order valence-electron chi connectivity index (χ3n) is 2.87. The third-order valence-corrected chi connectivity index (χ3v) is 4.20. The van der Waals surface area contributed by atoms with E-state index in [1.165, 1.54) is 6.07 Å². The van der Waals surface area contributed by atoms with Crippen LogP contribution < -0.4 is 0 Å². The maximum absolute atomic E-state index is 11.3. The Morgan fingerprint density at radius 2 is 1.80 bits per heavy atom. The van der Waals surface area contributed by atoms with Crippen LogP contribution in [0.25, 0.3) is 22.4 Å². The maximum atomic E-state index is 11.3. The highest BCUT2D eigenvalue weighted by molar-refractivity contribution is 7.79. The molecule has 0 saturated carbocycles. The van der Waals surface area contributed by atoms with E-state index in [0.717, 1.165) is 0 Å². The largest absolute Gasteiger partial charge is 0.768 e. The highest BCUT2D eigenvalue weighted by Crippen LogP contribution is 2.32. The first-order valence-corrected chi connectivity index (χ1v) is 7.43. The van der Waals surface area contributed by atoms with Gasteiger partial charge < -0.3 is 9.54 Å². The maximum Gasteiger partial charge on any atom is 0.139 e. The lowest BCUT2D eigenvalue weighted by molar-refractivity contribution is 0.537. The van der Waals surface area contributed by atoms with E-state index in [0.29, 0.717) is 32.5 Å². The molecule has 7 heteroatoms. The van der Waals surface area contributed by atoms with E-state index in [9.17, 15) is 8.76 Å². The monoisotopic (exact) mass is 325 g/mol. The van der Waals surface area contributed by atoms with Crippen molar-refractivity contribution in [2.75, 3.05) is 0 Å². The molecule has 0 fully saturated rings. The normalized spacial score (nSPS) is 12.8. The lowest BCUT2D eigenvalue weighted by Crippen LogP contribution is -1.93. The average Bonchev–Trinajstić information content (AvgIpc) is 2.89. The lowest BCUT2D eigenvalue weighted by Gasteiger charge is -2.09. The average molecular weight is 326 g/mol. The lowest BCUT2D eigenvalue weighted by atomic mass is 10.2. The fourth-order valence-corrected chi connectivity index (χ4v) is 2.90. The number of imidazole rings is 1. The number of nitrogens with one attached hydrogen (secondary N) is 1. The second-order valence-electron chi connectivity index (χ2n) is 4.07. The Kier molecular flexibility index (Phi) is 3.52. The van der Waals surface area contributed by atoms with Crippen LogP contribution >= 0.6 is 23.2 Å². The number of aromatic nitrogens is 2. The minimum atomic E-state index is -2.35. The quantitative estimate of drug-likeness (QED) is 0.729. The van der Waals surface area contributed by atoms with E-state index < -0.39 is 11.1 Å². The summed E-state index contributed by atoms with van der Waals surface area (Å²) in [6, 6.07) is 9.87. The summed E-state index contributed by atoms with van der Waals surface area (Å²) < 4.78 is 22.5. The van der Waals surface area contributed by atoms with E-state index in [-0.39, 0.29) is 4.90 Å². The van der Waals surface area contributed by atoms with Gasteiger partial charge in [0.25, 0.3) is 0 Å². The van der Waals surface area contributed by atoms with Crippen molar-refractivity contribution in [1.29, 1.82) is 0 Å². The Bertz CT molecular complexity index is 793. The number of hydrogen-bond donors (Lipinski definition) is 1. The predicted molar refractivity (Wildman–Crippen MR) is 78.7 cm³/mol. The number of hydrogen-bond acceptors (Lipinski definition) is 3. The van der Waals surface area contributed by atoms with Gasteiger partial charge in [0.2, 0.25) is 0 Å². The second-order valence-corrected chi connectivity index (χ2v) is 5.79. The van der Waals surface area contributed by atoms with Gasteiger partial charge in [-0.05, 0) is 29.3 Å². The number of aromatic amines is 1. The zero-order valence-corrected chi connectivity index (χ0v) is 12.2. The van der Waals surface area contributed by atoms with Crippen molar-refractivity contribution in [2.24, 2.45) is 0 Å². The molecule has 1 heterocycles. The van der Waals surface area contributed by atoms with Crippen LogP contribution in [-0.2, 0) is 11.1 Å². The van der Waals surface area contributed by atoms with Crippen molar-refractivity contribution in [3.05, 3.63) is 46.4 Å². The molecule has 1 unspecified atom stereocenters. The van der Waals surface area contributed by atoms with E-state index >= 15 is 0 Å². The molecule has 0 saturated heterocycles. The molecule has 3 aromatic rings. The highest BCUT2D eigenvalue weighted by Gasteiger charge is 2.13. The number of benzene rings is 2. The van der Waals surface area contributed by atoms with Crippen LogP contribution in [0.2, 0.25) is 10.0 Å². The minimum Gasteiger partial charge on any atom is -0.768 e. The molecule has 3 rings (SSSR count). The summed E-state index contributed by atoms with van der Waals surface area (Å²) in [5.41, 5.74) is 1.57. The van der Waals surface area contributed by atoms with E-state index in [1.807, 2.05) is 0 Å². The van der Waals surface area contributed by atoms with Crippen LogP contribution in [0.15, 0.2) is 41.3 Å². The van der Waals surface area contributed by atoms with Gasteiger partial charge in [0.05, 0.1) is 15.6 Å². The summed E-state index contributed by atoms with van der Waals surface area (Å²) in [5.74, 6) is 0.412. The summed E-state index contributed by atoms with van der Waals surface area (Å²) in [4.78, 5) is 7.52. The zero-order chi connectivity index (χ0) is 14.3. The van der Waals surface area contributed by atoms with Crippen molar-refractivity contribution in [2.45, 2.75) is 4.90 Å². The van der Waals surface area contributed by atoms with Gasteiger partial charge in [-0.3, -0.25) is 4.21 Å². The van der Waals surface area contributed by atoms with E-state index in [1.54, 1.807) is 30.3 Å². The SMILES string of the molecule is O=S([O-])c1ccccc1-c1nc2c(Cl)ccc(Cl)c2[nH]1. The summed E-state index contributed by atoms with van der Waals surface area (Å²) in [5, 5.41) is 0.927. The number of nitrogens with zero attached hydrogens (tertiary/aromatic N) is 1. The molecule has 0 radical (unpaired) electrons. The smallest absolute Gasteiger partial charge is 0.139 e. The molecule has 20 heavy (non-hydrogen) atoms. The van der Waals surface area contributed by atoms with Gasteiger partial charge >= 0.3 is 0 Å². The molecule has 1 aromatic heterocycles. The van der Waals surface area contributed by atoms with Gasteiger partial charge in [-0.25, -0.2) is 4.98 Å². The Labute approximate surface area is 127 Å². The van der Waals surface area contributed by atoms with Crippen LogP contribution in [0.4, 0.5) is 0 Å². The topological polar surface area (TPSA) is 68.8 Å². The summed E-state index contributed by atoms with van der Waals surface area (Å²) in [7, 11) is 0. The molecule has 0 spiro atoms. The third kappa shape index (κ3) is 2.23. The molecular formula is C13H7Cl2N2O2S-. The molecule has 0 aliphatic heterocycles. The number of halogens is 2. The molecule has 0 bridgehead atoms. The molecule has 102 valence electrons. The first kappa shape index (κ1) is 13.6. The van der Waals surface area contributed by atoms with E-state index in [2.05, 4.69) is 9.97 Å². The standard InChI is InChI=1S/C13H8Cl2N2O2S/c14-8-5-6-9(15)12-11(8)16-13(17-12)7-3-1-2-4-10(7)20(18)19/h1-6H,(H,16,17)(H,18,19)/p-1. The van der Waals surface area contributed by atoms with Gasteiger partial charge in [-0.1, -0.05) is 41.4 Å². The molecule has 0 aliphatic rings. The number of fused-ring (bicyclic) bond motifs is 1. The fourth-order valence-electron chi connectivity index (χ4n) is 1.96. The van der Waals surface area contributed by atoms with Crippen LogP contribution in [-0.4, -0.2) is 18.7 Å². The Hall–Kier alpha value is -1.40. The first-order chi connectivity index (χ1) is 9.58. The molecule has 0 amide bonds. The van der Waals surface area contributed by atoms with Crippen LogP contribution in [0.5, 0.6) is 0 Å². The minimum absolute atomic E-state index is 0.166. The van der Waals surface area contributed by atoms with Crippen LogP contribution in [0.3, 0.4) is 0 Å². The molecule has 2 aromatic carbocycles. The molecule has 1 atom stereocenters. The van der Waals surface area contributed by atoms with Crippen molar-refractivity contribution < 1.29 is 8.76 Å². The Balaban J connectivity index is 2.29. The predicted octanol–water partition coefficient (Wildman–Crippen LogP) is 3.77. The van der Waals surface area contributed by atoms with E-state index in [4.69, 9.17) is 23.2 Å². The molecular weight excluding hydrogens is 319 g/mol. The van der Waals surface area contributed by atoms with Crippen LogP contribution in [0, 0.1) is 0 Å². The fraction of sp³-hybridized carbons (Fsp3) is 0. The second kappa shape index (κ2) is 5.18. The Morgan fingerprint density at radius 3 is 2.50 bits per heavy atom. The van der Waals surface area contributed by atoms with Crippen LogP contribution in [0.1, 0.15) is 0 Å². The van der Waals surface area contributed by atoms with Gasteiger partial charge in [-0.15, -0.1) is 0 Å². The Morgan fingerprint density at radius 1 is 1.10 bits per heavy atom. The van der Waals surface area contributed by atoms with Gasteiger partial charge in [0.15, 0.2) is 0 Å². The molecule has 0 aliphatic carbocycles. The number of rotatable bonds is 2. The van der Waals surface area contributed by atoms with Crippen molar-refractivity contribution in [1.82, 2.24) is 9.97 Å². The van der Waals surface area contributed by atoms with Crippen molar-refractivity contribution >= 4 is 45.3 Å². The summed E-state index contributed by atoms with van der Waals surface area (Å²) in [6.07, 6.45) is 0. The molecule has 4 nitrogen and oxygen atoms in total. The number of H-pyrrole nitrogens is 1. The first-order valence-electron chi connectivity index (χ1n) is 5.60. The highest BCUT2D eigenvalue weighted by atomic mass is 35.5. The van der Waals surface area contributed by atoms with Crippen molar-refractivity contribution in [3.63, 3.8) is 0 Å². The van der Waals surface area contributed by atoms with Crippen molar-refractivity contribution in [3.8, 4) is 11.4 Å². The molecule has 1 N–H and O–H groups in total. The van der Waals surface area contributed by atoms with Gasteiger partial charge in [0.1, 0.15) is 11.3 Å². The summed E-state index contributed by atoms with van der Waals surface area (Å²) >= 11 is 9.80. The van der Waals surface area contributed by atoms with Gasteiger partial charge in [0, 0.05) is 10.5 Å². The summed E-state index contributed by atoms with van der Waals surface area (Å²) in [6.45, 7) is 0. The zero-order valence-electron chi connectivity index (χ0n) is 9.89.